The van der Waals surface area contributed by atoms with E-state index in [0.717, 1.165) is 194 Å². The Bertz CT molecular complexity index is 5490. The molecule has 0 radical (unpaired) electrons. The highest BCUT2D eigenvalue weighted by Crippen LogP contribution is 2.35. The third-order valence-electron chi connectivity index (χ3n) is 24.4. The Morgan fingerprint density at radius 3 is 0.975 bits per heavy atom. The maximum Gasteiger partial charge on any atom is 0.254 e. The van der Waals surface area contributed by atoms with Crippen LogP contribution in [0.4, 0.5) is 51.4 Å². The molecule has 0 unspecified atom stereocenters. The summed E-state index contributed by atoms with van der Waals surface area (Å²) in [7, 11) is -5.82. The summed E-state index contributed by atoms with van der Waals surface area (Å²) in [4.78, 5) is 67.4. The summed E-state index contributed by atoms with van der Waals surface area (Å²) in [5, 5.41) is 42.8. The van der Waals surface area contributed by atoms with Gasteiger partial charge in [-0.2, -0.15) is 15.8 Å². The molecule has 2 aromatic heterocycles. The van der Waals surface area contributed by atoms with E-state index in [1.807, 2.05) is 150 Å². The second-order valence-electron chi connectivity index (χ2n) is 32.8. The number of piperazine rings is 2. The van der Waals surface area contributed by atoms with Crippen molar-refractivity contribution < 1.29 is 22.8 Å². The van der Waals surface area contributed by atoms with Crippen molar-refractivity contribution in [1.82, 2.24) is 25.1 Å². The number of piperidine rings is 4. The number of nitrogens with one attached hydrogen (secondary N) is 6. The topological polar surface area (TPSA) is 304 Å². The van der Waals surface area contributed by atoms with Crippen LogP contribution >= 0.6 is 0 Å². The number of para-hydroxylation sites is 4. The normalized spacial score (nSPS) is 17.1. The van der Waals surface area contributed by atoms with E-state index in [1.54, 1.807) is 36.7 Å². The molecule has 0 saturated carbocycles. The van der Waals surface area contributed by atoms with Gasteiger partial charge in [0.15, 0.2) is 0 Å². The van der Waals surface area contributed by atoms with Crippen LogP contribution in [0.3, 0.4) is 0 Å². The number of terminal acetylenes is 1. The number of hydrogen-bond acceptors (Lipinski definition) is 21. The monoisotopic (exact) mass is 1670 g/mol. The SMILES string of the molecule is C#Cc1ccccc1N1CCC(NC(=O)c2cc(NC3CCN(c4ccccc4C#N)CC3)c(C)cc2C)CC1.Cc1cc(C)c(C(=O)N2CCN(c3ncccc3[S@@](C)(=N)=O)CC2)cc1NC1CCN(c2ccccc2C#N)CC1.Cc1cc(C)c(C(=O)N2CCN(c3ncccc3[S@](C)(=N)=O)CC2)cc1NC1CCN(c2ccccc2C#N)CC1. The van der Waals surface area contributed by atoms with Crippen LogP contribution in [-0.2, 0) is 19.5 Å². The zero-order valence-corrected chi connectivity index (χ0v) is 72.8. The van der Waals surface area contributed by atoms with Gasteiger partial charge >= 0.3 is 0 Å². The zero-order valence-electron chi connectivity index (χ0n) is 71.2. The summed E-state index contributed by atoms with van der Waals surface area (Å²) in [6.45, 7) is 23.5. The van der Waals surface area contributed by atoms with Crippen molar-refractivity contribution in [3.63, 3.8) is 0 Å². The maximum absolute atomic E-state index is 13.7. The Morgan fingerprint density at radius 2 is 0.664 bits per heavy atom. The van der Waals surface area contributed by atoms with Crippen molar-refractivity contribution in [3.8, 4) is 30.6 Å². The Morgan fingerprint density at radius 1 is 0.377 bits per heavy atom. The van der Waals surface area contributed by atoms with E-state index in [-0.39, 0.29) is 35.8 Å². The maximum atomic E-state index is 13.7. The number of nitriles is 3. The number of hydrogen-bond donors (Lipinski definition) is 6. The average molecular weight is 1680 g/mol. The van der Waals surface area contributed by atoms with Gasteiger partial charge in [-0.05, 0) is 217 Å². The van der Waals surface area contributed by atoms with Gasteiger partial charge < -0.3 is 60.5 Å². The minimum atomic E-state index is -2.91. The summed E-state index contributed by atoms with van der Waals surface area (Å²) < 4.78 is 41.0. The smallest absolute Gasteiger partial charge is 0.254 e. The molecule has 3 amide bonds. The van der Waals surface area contributed by atoms with E-state index < -0.39 is 19.5 Å². The molecule has 6 N–H and O–H groups in total. The number of carbonyl (C=O) groups is 3. The number of nitrogens with zero attached hydrogens (tertiary/aromatic N) is 13. The van der Waals surface area contributed by atoms with Gasteiger partial charge in [-0.15, -0.1) is 6.42 Å². The largest absolute Gasteiger partial charge is 0.382 e. The Hall–Kier alpha value is -12.6. The van der Waals surface area contributed by atoms with Gasteiger partial charge in [0, 0.05) is 193 Å². The number of amides is 3. The molecule has 15 rings (SSSR count). The number of aryl methyl sites for hydroxylation is 6. The summed E-state index contributed by atoms with van der Waals surface area (Å²) in [5.74, 6) is 3.94. The summed E-state index contributed by atoms with van der Waals surface area (Å²) in [5.41, 5.74) is 18.6. The summed E-state index contributed by atoms with van der Waals surface area (Å²) in [6.07, 6.45) is 19.3. The van der Waals surface area contributed by atoms with E-state index >= 15 is 0 Å². The third kappa shape index (κ3) is 20.9. The average Bonchev–Trinajstić information content (AvgIpc) is 0.804. The molecular formula is C96H111N19O5S2. The lowest BCUT2D eigenvalue weighted by molar-refractivity contribution is 0.0738. The minimum Gasteiger partial charge on any atom is -0.382 e. The Kier molecular flexibility index (Phi) is 28.1. The molecule has 6 saturated heterocycles. The fraction of sp³-hybridized carbons (Fsp3) is 0.375. The fourth-order valence-corrected chi connectivity index (χ4v) is 19.3. The molecule has 26 heteroatoms. The molecule has 24 nitrogen and oxygen atoms in total. The molecule has 0 spiro atoms. The molecule has 632 valence electrons. The van der Waals surface area contributed by atoms with Gasteiger partial charge in [0.2, 0.25) is 0 Å². The zero-order chi connectivity index (χ0) is 86.4. The highest BCUT2D eigenvalue weighted by molar-refractivity contribution is 7.92. The predicted octanol–water partition coefficient (Wildman–Crippen LogP) is 14.9. The molecule has 9 aromatic rings. The number of carbonyl (C=O) groups excluding carboxylic acids is 3. The van der Waals surface area contributed by atoms with Gasteiger partial charge in [0.1, 0.15) is 29.8 Å². The van der Waals surface area contributed by atoms with Crippen molar-refractivity contribution in [2.75, 3.05) is 163 Å². The van der Waals surface area contributed by atoms with E-state index in [1.165, 1.54) is 12.5 Å². The molecule has 2 atom stereocenters. The summed E-state index contributed by atoms with van der Waals surface area (Å²) >= 11 is 0. The first-order valence-electron chi connectivity index (χ1n) is 42.2. The number of aromatic nitrogens is 2. The lowest BCUT2D eigenvalue weighted by Gasteiger charge is -2.36. The predicted molar refractivity (Wildman–Crippen MR) is 490 cm³/mol. The molecule has 6 aliphatic heterocycles. The van der Waals surface area contributed by atoms with Crippen molar-refractivity contribution in [1.29, 1.82) is 25.3 Å². The highest BCUT2D eigenvalue weighted by atomic mass is 32.2. The van der Waals surface area contributed by atoms with Crippen LogP contribution in [0.15, 0.2) is 180 Å². The molecular weight excluding hydrogens is 1560 g/mol. The number of rotatable bonds is 18. The molecule has 0 bridgehead atoms. The van der Waals surface area contributed by atoms with E-state index in [9.17, 15) is 38.6 Å². The van der Waals surface area contributed by atoms with Gasteiger partial charge in [0.05, 0.1) is 68.7 Å². The first-order chi connectivity index (χ1) is 58.8. The standard InChI is InChI=1S/C34H37N5O.2C31H37N7O2S/c1-4-26-9-5-7-11-32(26)38-19-15-29(16-20-38)37-34(40)30-22-31(25(3)21-24(30)2)36-28-13-17-39(18-14-28)33-12-8-6-10-27(33)23-35;2*1-22-19-23(2)27(35-25-10-13-36(14-11-25)28-8-5-4-7-24(28)21-32)20-26(22)31(39)38-17-15-37(16-18-38)30-29(41(3,33)40)9-6-12-34-30/h1,5-12,21-22,28-29,36H,13-20H2,2-3H3,(H,37,40);2*4-9,12,19-20,25,33,35H,10-11,13-18H2,1-3H3/t;2*41-/m.10/s1. The van der Waals surface area contributed by atoms with Crippen molar-refractivity contribution in [3.05, 3.63) is 242 Å². The molecule has 6 fully saturated rings. The van der Waals surface area contributed by atoms with Gasteiger partial charge in [-0.1, -0.05) is 72.7 Å². The quantitative estimate of drug-likeness (QED) is 0.0435. The Balaban J connectivity index is 0.000000158. The lowest BCUT2D eigenvalue weighted by Crippen LogP contribution is -2.49. The van der Waals surface area contributed by atoms with Crippen molar-refractivity contribution in [2.45, 2.75) is 127 Å². The fourth-order valence-electron chi connectivity index (χ4n) is 17.5. The number of anilines is 9. The molecule has 7 aromatic carbocycles. The molecule has 0 aliphatic carbocycles. The first-order valence-corrected chi connectivity index (χ1v) is 46.1. The van der Waals surface area contributed by atoms with Crippen LogP contribution < -0.4 is 50.7 Å². The van der Waals surface area contributed by atoms with Crippen LogP contribution in [0, 0.1) is 97.4 Å². The van der Waals surface area contributed by atoms with Gasteiger partial charge in [-0.3, -0.25) is 14.4 Å². The van der Waals surface area contributed by atoms with E-state index in [4.69, 9.17) is 16.0 Å². The number of benzene rings is 7. The van der Waals surface area contributed by atoms with Crippen LogP contribution in [0.5, 0.6) is 0 Å². The molecule has 8 heterocycles. The van der Waals surface area contributed by atoms with Gasteiger partial charge in [-0.25, -0.2) is 27.9 Å². The summed E-state index contributed by atoms with van der Waals surface area (Å²) in [6, 6.07) is 58.4. The van der Waals surface area contributed by atoms with Gasteiger partial charge in [0.25, 0.3) is 17.7 Å². The minimum absolute atomic E-state index is 0.00838. The molecule has 6 aliphatic rings. The Labute approximate surface area is 719 Å². The first kappa shape index (κ1) is 87.2. The molecule has 122 heavy (non-hydrogen) atoms. The second kappa shape index (κ2) is 39.3. The van der Waals surface area contributed by atoms with Crippen LogP contribution in [-0.4, -0.2) is 187 Å². The van der Waals surface area contributed by atoms with Crippen LogP contribution in [0.1, 0.15) is 138 Å². The highest BCUT2D eigenvalue weighted by Gasteiger charge is 2.33. The van der Waals surface area contributed by atoms with E-state index in [0.29, 0.717) is 102 Å². The van der Waals surface area contributed by atoms with Crippen LogP contribution in [0.2, 0.25) is 0 Å². The lowest BCUT2D eigenvalue weighted by atomic mass is 9.98. The van der Waals surface area contributed by atoms with Crippen molar-refractivity contribution >= 4 is 88.6 Å². The van der Waals surface area contributed by atoms with Crippen LogP contribution in [0.25, 0.3) is 0 Å². The number of pyridine rings is 2. The third-order valence-corrected chi connectivity index (χ3v) is 26.7. The second-order valence-corrected chi connectivity index (χ2v) is 37.1. The van der Waals surface area contributed by atoms with E-state index in [2.05, 4.69) is 120 Å². The van der Waals surface area contributed by atoms with Crippen molar-refractivity contribution in [2.24, 2.45) is 0 Å².